The molecule has 2 heterocycles. The van der Waals surface area contributed by atoms with Crippen LogP contribution in [0.25, 0.3) is 0 Å². The van der Waals surface area contributed by atoms with Crippen LogP contribution < -0.4 is 10.6 Å². The predicted molar refractivity (Wildman–Crippen MR) is 82.6 cm³/mol. The van der Waals surface area contributed by atoms with Gasteiger partial charge in [-0.2, -0.15) is 0 Å². The van der Waals surface area contributed by atoms with Crippen molar-refractivity contribution >= 4 is 28.0 Å². The Bertz CT molecular complexity index is 676. The van der Waals surface area contributed by atoms with E-state index in [4.69, 9.17) is 0 Å². The third-order valence-electron chi connectivity index (χ3n) is 3.17. The third kappa shape index (κ3) is 2.26. The van der Waals surface area contributed by atoms with Gasteiger partial charge in [0, 0.05) is 16.0 Å². The van der Waals surface area contributed by atoms with Crippen LogP contribution in [-0.4, -0.2) is 24.8 Å². The maximum Gasteiger partial charge on any atom is 0.264 e. The van der Waals surface area contributed by atoms with Gasteiger partial charge < -0.3 is 5.32 Å². The first-order valence-corrected chi connectivity index (χ1v) is 7.23. The fourth-order valence-corrected chi connectivity index (χ4v) is 3.16. The first-order chi connectivity index (χ1) is 9.69. The highest BCUT2D eigenvalue weighted by Crippen LogP contribution is 2.32. The molecule has 0 bridgehead atoms. The number of anilines is 1. The van der Waals surface area contributed by atoms with Gasteiger partial charge in [-0.05, 0) is 20.0 Å². The van der Waals surface area contributed by atoms with E-state index in [0.29, 0.717) is 0 Å². The largest absolute Gasteiger partial charge is 0.314 e. The monoisotopic (exact) mass is 285 g/mol. The molecule has 1 unspecified atom stereocenters. The first kappa shape index (κ1) is 13.0. The van der Waals surface area contributed by atoms with Crippen molar-refractivity contribution in [3.63, 3.8) is 0 Å². The van der Waals surface area contributed by atoms with E-state index in [1.807, 2.05) is 37.3 Å². The Balaban J connectivity index is 2.19. The van der Waals surface area contributed by atoms with Crippen molar-refractivity contribution in [3.8, 4) is 0 Å². The highest BCUT2D eigenvalue weighted by atomic mass is 32.1. The average Bonchev–Trinajstić information content (AvgIpc) is 2.75. The molecule has 3 rings (SSSR count). The second kappa shape index (κ2) is 5.19. The van der Waals surface area contributed by atoms with Crippen LogP contribution >= 0.6 is 11.3 Å². The van der Waals surface area contributed by atoms with Crippen LogP contribution in [0.5, 0.6) is 0 Å². The van der Waals surface area contributed by atoms with Gasteiger partial charge in [-0.1, -0.05) is 30.3 Å². The summed E-state index contributed by atoms with van der Waals surface area (Å²) in [5, 5.41) is 6.75. The minimum atomic E-state index is -0.565. The average molecular weight is 285 g/mol. The molecule has 2 aromatic rings. The van der Waals surface area contributed by atoms with Crippen LogP contribution in [0, 0.1) is 6.92 Å². The Morgan fingerprint density at radius 3 is 2.75 bits per heavy atom. The van der Waals surface area contributed by atoms with E-state index in [1.165, 1.54) is 0 Å². The second-order valence-electron chi connectivity index (χ2n) is 4.62. The number of nitrogens with one attached hydrogen (secondary N) is 2. The normalized spacial score (nSPS) is 18.0. The number of carbonyl (C=O) groups is 1. The van der Waals surface area contributed by atoms with Gasteiger partial charge in [0.25, 0.3) is 5.91 Å². The van der Waals surface area contributed by atoms with Gasteiger partial charge in [0.15, 0.2) is 6.17 Å². The van der Waals surface area contributed by atoms with Crippen molar-refractivity contribution < 1.29 is 4.79 Å². The summed E-state index contributed by atoms with van der Waals surface area (Å²) in [6.07, 6.45) is -0.565. The van der Waals surface area contributed by atoms with Crippen LogP contribution in [-0.2, 0) is 4.79 Å². The quantitative estimate of drug-likeness (QED) is 0.890. The maximum atomic E-state index is 12.1. The summed E-state index contributed by atoms with van der Waals surface area (Å²) in [6, 6.07) is 12.0. The Hall–Kier alpha value is -1.98. The number of carbonyl (C=O) groups excluding carboxylic acids is 1. The molecule has 1 amide bonds. The van der Waals surface area contributed by atoms with E-state index in [9.17, 15) is 4.79 Å². The van der Waals surface area contributed by atoms with E-state index in [2.05, 4.69) is 21.7 Å². The van der Waals surface area contributed by atoms with Crippen LogP contribution in [0.3, 0.4) is 0 Å². The van der Waals surface area contributed by atoms with Gasteiger partial charge in [0.1, 0.15) is 5.00 Å². The van der Waals surface area contributed by atoms with E-state index < -0.39 is 6.17 Å². The second-order valence-corrected chi connectivity index (χ2v) is 5.88. The Kier molecular flexibility index (Phi) is 3.38. The summed E-state index contributed by atoms with van der Waals surface area (Å²) in [7, 11) is 1.74. The highest BCUT2D eigenvalue weighted by Gasteiger charge is 2.25. The van der Waals surface area contributed by atoms with Crippen molar-refractivity contribution in [3.05, 3.63) is 52.4 Å². The van der Waals surface area contributed by atoms with E-state index in [-0.39, 0.29) is 5.91 Å². The molecule has 1 aliphatic rings. The minimum Gasteiger partial charge on any atom is -0.314 e. The molecule has 0 radical (unpaired) electrons. The van der Waals surface area contributed by atoms with Gasteiger partial charge in [-0.15, -0.1) is 11.3 Å². The van der Waals surface area contributed by atoms with Crippen LogP contribution in [0.1, 0.15) is 16.0 Å². The van der Waals surface area contributed by atoms with Crippen molar-refractivity contribution in [1.82, 2.24) is 5.32 Å². The fraction of sp³-hybridized carbons (Fsp3) is 0.200. The Labute approximate surface area is 121 Å². The number of benzene rings is 1. The van der Waals surface area contributed by atoms with Crippen LogP contribution in [0.2, 0.25) is 0 Å². The van der Waals surface area contributed by atoms with Crippen LogP contribution in [0.4, 0.5) is 5.00 Å². The van der Waals surface area contributed by atoms with E-state index >= 15 is 0 Å². The maximum absolute atomic E-state index is 12.1. The van der Waals surface area contributed by atoms with Gasteiger partial charge in [0.05, 0.1) is 5.71 Å². The van der Waals surface area contributed by atoms with Gasteiger partial charge in [-0.25, -0.2) is 0 Å². The Morgan fingerprint density at radius 1 is 1.30 bits per heavy atom. The summed E-state index contributed by atoms with van der Waals surface area (Å²) in [4.78, 5) is 17.9. The molecule has 1 aromatic heterocycles. The number of aliphatic imine (C=N–C) groups is 1. The molecule has 5 heteroatoms. The zero-order valence-corrected chi connectivity index (χ0v) is 12.1. The van der Waals surface area contributed by atoms with E-state index in [0.717, 1.165) is 26.7 Å². The lowest BCUT2D eigenvalue weighted by Crippen LogP contribution is -2.36. The molecular weight excluding hydrogens is 270 g/mol. The molecule has 1 atom stereocenters. The standard InChI is InChI=1S/C15H15N3OS/c1-9-8-11-12(10-6-4-3-5-7-10)17-13(16-2)14(19)18-15(11)20-9/h3-8,13,16H,1-2H3,(H,18,19). The number of hydrogen-bond acceptors (Lipinski definition) is 4. The first-order valence-electron chi connectivity index (χ1n) is 6.41. The molecular formula is C15H15N3OS. The molecule has 1 aliphatic heterocycles. The molecule has 2 N–H and O–H groups in total. The predicted octanol–water partition coefficient (Wildman–Crippen LogP) is 2.39. The summed E-state index contributed by atoms with van der Waals surface area (Å²) in [5.41, 5.74) is 2.86. The molecule has 0 aliphatic carbocycles. The molecule has 20 heavy (non-hydrogen) atoms. The van der Waals surface area contributed by atoms with Gasteiger partial charge in [-0.3, -0.25) is 15.1 Å². The van der Waals surface area contributed by atoms with Crippen molar-refractivity contribution in [2.75, 3.05) is 12.4 Å². The molecule has 0 saturated heterocycles. The number of amides is 1. The number of rotatable bonds is 2. The zero-order chi connectivity index (χ0) is 14.1. The highest BCUT2D eigenvalue weighted by molar-refractivity contribution is 7.16. The Morgan fingerprint density at radius 2 is 2.05 bits per heavy atom. The molecule has 0 spiro atoms. The fourth-order valence-electron chi connectivity index (χ4n) is 2.24. The lowest BCUT2D eigenvalue weighted by Gasteiger charge is -2.09. The van der Waals surface area contributed by atoms with Crippen molar-refractivity contribution in [1.29, 1.82) is 0 Å². The zero-order valence-electron chi connectivity index (χ0n) is 11.3. The molecule has 4 nitrogen and oxygen atoms in total. The van der Waals surface area contributed by atoms with Gasteiger partial charge >= 0.3 is 0 Å². The van der Waals surface area contributed by atoms with Crippen molar-refractivity contribution in [2.24, 2.45) is 4.99 Å². The molecule has 1 aromatic carbocycles. The summed E-state index contributed by atoms with van der Waals surface area (Å²) >= 11 is 1.58. The molecule has 102 valence electrons. The van der Waals surface area contributed by atoms with Gasteiger partial charge in [0.2, 0.25) is 0 Å². The third-order valence-corrected chi connectivity index (χ3v) is 4.14. The number of hydrogen-bond donors (Lipinski definition) is 2. The number of fused-ring (bicyclic) bond motifs is 1. The minimum absolute atomic E-state index is 0.124. The summed E-state index contributed by atoms with van der Waals surface area (Å²) in [5.74, 6) is -0.124. The lowest BCUT2D eigenvalue weighted by molar-refractivity contribution is -0.117. The van der Waals surface area contributed by atoms with Crippen LogP contribution in [0.15, 0.2) is 41.4 Å². The van der Waals surface area contributed by atoms with Crippen molar-refractivity contribution in [2.45, 2.75) is 13.1 Å². The SMILES string of the molecule is CNC1N=C(c2ccccc2)c2cc(C)sc2NC1=O. The summed E-state index contributed by atoms with van der Waals surface area (Å²) in [6.45, 7) is 2.03. The number of thiophene rings is 1. The van der Waals surface area contributed by atoms with E-state index in [1.54, 1.807) is 18.4 Å². The summed E-state index contributed by atoms with van der Waals surface area (Å²) < 4.78 is 0. The number of likely N-dealkylation sites (N-methyl/N-ethyl adjacent to an activating group) is 1. The molecule has 0 fully saturated rings. The topological polar surface area (TPSA) is 53.5 Å². The molecule has 0 saturated carbocycles. The number of nitrogens with zero attached hydrogens (tertiary/aromatic N) is 1. The number of aryl methyl sites for hydroxylation is 1. The lowest BCUT2D eigenvalue weighted by atomic mass is 10.0. The smallest absolute Gasteiger partial charge is 0.264 e.